The van der Waals surface area contributed by atoms with Gasteiger partial charge in [0, 0.05) is 5.56 Å². The Hall–Kier alpha value is -2.20. The van der Waals surface area contributed by atoms with E-state index in [1.807, 2.05) is 0 Å². The fourth-order valence-electron chi connectivity index (χ4n) is 2.31. The van der Waals surface area contributed by atoms with Gasteiger partial charge in [-0.2, -0.15) is 13.2 Å². The van der Waals surface area contributed by atoms with Gasteiger partial charge in [0.15, 0.2) is 9.84 Å². The summed E-state index contributed by atoms with van der Waals surface area (Å²) in [5.41, 5.74) is -0.832. The van der Waals surface area contributed by atoms with Crippen molar-refractivity contribution in [3.63, 3.8) is 0 Å². The van der Waals surface area contributed by atoms with Crippen LogP contribution in [0, 0.1) is 0 Å². The van der Waals surface area contributed by atoms with Gasteiger partial charge < -0.3 is 4.84 Å². The van der Waals surface area contributed by atoms with E-state index in [0.29, 0.717) is 11.6 Å². The molecule has 3 rings (SSSR count). The maximum absolute atomic E-state index is 12.7. The molecule has 0 bridgehead atoms. The Morgan fingerprint density at radius 3 is 2.72 bits per heavy atom. The monoisotopic (exact) mass is 389 g/mol. The lowest BCUT2D eigenvalue weighted by Gasteiger charge is -2.07. The first kappa shape index (κ1) is 17.6. The fraction of sp³-hybridized carbons (Fsp3) is 0.200. The molecule has 10 heteroatoms. The zero-order valence-corrected chi connectivity index (χ0v) is 14.0. The molecule has 0 spiro atoms. The Morgan fingerprint density at radius 1 is 1.24 bits per heavy atom. The SMILES string of the molecule is O=C(O/N=c1\ccsc2c1CCS2(=O)=O)c1cccc(C(F)(F)F)c1. The molecule has 2 aromatic rings. The summed E-state index contributed by atoms with van der Waals surface area (Å²) in [4.78, 5) is 16.6. The van der Waals surface area contributed by atoms with Gasteiger partial charge in [-0.15, -0.1) is 11.3 Å². The van der Waals surface area contributed by atoms with E-state index in [0.717, 1.165) is 23.5 Å². The highest BCUT2D eigenvalue weighted by Crippen LogP contribution is 2.30. The van der Waals surface area contributed by atoms with Gasteiger partial charge in [-0.1, -0.05) is 11.2 Å². The van der Waals surface area contributed by atoms with Gasteiger partial charge in [-0.25, -0.2) is 13.2 Å². The predicted molar refractivity (Wildman–Crippen MR) is 82.5 cm³/mol. The molecule has 25 heavy (non-hydrogen) atoms. The van der Waals surface area contributed by atoms with Crippen LogP contribution in [0.4, 0.5) is 13.2 Å². The van der Waals surface area contributed by atoms with Crippen LogP contribution in [0.5, 0.6) is 0 Å². The first-order chi connectivity index (χ1) is 11.7. The smallest absolute Gasteiger partial charge is 0.312 e. The van der Waals surface area contributed by atoms with Crippen molar-refractivity contribution in [2.75, 3.05) is 5.75 Å². The first-order valence-corrected chi connectivity index (χ1v) is 9.48. The number of fused-ring (bicyclic) bond motifs is 1. The van der Waals surface area contributed by atoms with E-state index in [4.69, 9.17) is 4.84 Å². The number of sulfone groups is 1. The van der Waals surface area contributed by atoms with Crippen LogP contribution >= 0.6 is 11.3 Å². The molecule has 2 heterocycles. The summed E-state index contributed by atoms with van der Waals surface area (Å²) in [5, 5.41) is 5.30. The summed E-state index contributed by atoms with van der Waals surface area (Å²) >= 11 is 1.04. The van der Waals surface area contributed by atoms with Crippen molar-refractivity contribution in [1.82, 2.24) is 0 Å². The normalized spacial score (nSPS) is 16.5. The third kappa shape index (κ3) is 3.59. The van der Waals surface area contributed by atoms with Gasteiger partial charge in [0.25, 0.3) is 0 Å². The number of carbonyl (C=O) groups is 1. The highest BCUT2D eigenvalue weighted by Gasteiger charge is 2.31. The Balaban J connectivity index is 1.89. The van der Waals surface area contributed by atoms with E-state index >= 15 is 0 Å². The van der Waals surface area contributed by atoms with Crippen LogP contribution in [0.25, 0.3) is 0 Å². The van der Waals surface area contributed by atoms with Crippen molar-refractivity contribution < 1.29 is 31.2 Å². The van der Waals surface area contributed by atoms with E-state index in [2.05, 4.69) is 5.16 Å². The Labute approximate surface area is 144 Å². The van der Waals surface area contributed by atoms with E-state index in [1.165, 1.54) is 17.5 Å². The van der Waals surface area contributed by atoms with Crippen LogP contribution in [-0.4, -0.2) is 20.1 Å². The van der Waals surface area contributed by atoms with Gasteiger partial charge in [-0.3, -0.25) is 0 Å². The molecule has 0 saturated heterocycles. The first-order valence-electron chi connectivity index (χ1n) is 6.94. The average molecular weight is 389 g/mol. The zero-order chi connectivity index (χ0) is 18.2. The summed E-state index contributed by atoms with van der Waals surface area (Å²) in [7, 11) is -3.35. The Bertz CT molecular complexity index is 1010. The second kappa shape index (κ2) is 6.26. The lowest BCUT2D eigenvalue weighted by Crippen LogP contribution is -2.12. The Kier molecular flexibility index (Phi) is 4.41. The quantitative estimate of drug-likeness (QED) is 0.585. The fourth-order valence-corrected chi connectivity index (χ4v) is 5.22. The van der Waals surface area contributed by atoms with Crippen LogP contribution in [0.3, 0.4) is 0 Å². The maximum atomic E-state index is 12.7. The highest BCUT2D eigenvalue weighted by molar-refractivity contribution is 7.93. The molecule has 0 unspecified atom stereocenters. The molecule has 0 radical (unpaired) electrons. The molecule has 1 aliphatic heterocycles. The topological polar surface area (TPSA) is 72.8 Å². The van der Waals surface area contributed by atoms with E-state index in [1.54, 1.807) is 0 Å². The summed E-state index contributed by atoms with van der Waals surface area (Å²) < 4.78 is 61.9. The summed E-state index contributed by atoms with van der Waals surface area (Å²) in [6, 6.07) is 5.26. The van der Waals surface area contributed by atoms with E-state index in [9.17, 15) is 26.4 Å². The summed E-state index contributed by atoms with van der Waals surface area (Å²) in [6.45, 7) is 0. The van der Waals surface area contributed by atoms with Crippen molar-refractivity contribution >= 4 is 27.1 Å². The number of alkyl halides is 3. The molecule has 132 valence electrons. The van der Waals surface area contributed by atoms with Gasteiger partial charge in [0.1, 0.15) is 9.57 Å². The molecule has 1 aromatic heterocycles. The second-order valence-electron chi connectivity index (χ2n) is 5.19. The molecular weight excluding hydrogens is 379 g/mol. The molecule has 5 nitrogen and oxygen atoms in total. The number of halogens is 3. The average Bonchev–Trinajstić information content (AvgIpc) is 2.88. The van der Waals surface area contributed by atoms with Crippen molar-refractivity contribution in [1.29, 1.82) is 0 Å². The lowest BCUT2D eigenvalue weighted by atomic mass is 10.1. The molecule has 0 atom stereocenters. The van der Waals surface area contributed by atoms with E-state index in [-0.39, 0.29) is 27.3 Å². The molecule has 0 N–H and O–H groups in total. The molecular formula is C15H10F3NO4S2. The number of benzene rings is 1. The molecule has 0 fully saturated rings. The van der Waals surface area contributed by atoms with Crippen LogP contribution in [0.2, 0.25) is 0 Å². The minimum atomic E-state index is -4.58. The second-order valence-corrected chi connectivity index (χ2v) is 8.41. The van der Waals surface area contributed by atoms with Crippen LogP contribution in [0.1, 0.15) is 21.5 Å². The number of rotatable bonds is 2. The molecule has 1 aliphatic rings. The van der Waals surface area contributed by atoms with Crippen LogP contribution in [0.15, 0.2) is 45.1 Å². The van der Waals surface area contributed by atoms with Crippen molar-refractivity contribution in [3.05, 3.63) is 57.8 Å². The highest BCUT2D eigenvalue weighted by atomic mass is 32.2. The minimum absolute atomic E-state index is 0.0487. The third-order valence-corrected chi connectivity index (χ3v) is 6.85. The van der Waals surface area contributed by atoms with Gasteiger partial charge in [0.2, 0.25) is 0 Å². The van der Waals surface area contributed by atoms with Crippen molar-refractivity contribution in [3.8, 4) is 0 Å². The number of hydrogen-bond acceptors (Lipinski definition) is 6. The molecule has 1 aromatic carbocycles. The largest absolute Gasteiger partial charge is 0.416 e. The predicted octanol–water partition coefficient (Wildman–Crippen LogP) is 2.77. The molecule has 0 saturated carbocycles. The Morgan fingerprint density at radius 2 is 2.00 bits per heavy atom. The zero-order valence-electron chi connectivity index (χ0n) is 12.4. The van der Waals surface area contributed by atoms with E-state index < -0.39 is 27.5 Å². The van der Waals surface area contributed by atoms with Crippen molar-refractivity contribution in [2.45, 2.75) is 16.8 Å². The molecule has 0 aliphatic carbocycles. The number of carbonyl (C=O) groups excluding carboxylic acids is 1. The van der Waals surface area contributed by atoms with Gasteiger partial charge in [-0.05, 0) is 36.1 Å². The number of nitrogens with zero attached hydrogens (tertiary/aromatic N) is 1. The standard InChI is InChI=1S/C15H10F3NO4S2/c16-15(17,18)10-3-1-2-9(8-10)13(20)23-19-12-4-6-24-14-11(12)5-7-25(14,21)22/h1-4,6,8H,5,7H2/b19-12+. The van der Waals surface area contributed by atoms with Gasteiger partial charge >= 0.3 is 12.1 Å². The maximum Gasteiger partial charge on any atom is 0.416 e. The molecule has 0 amide bonds. The lowest BCUT2D eigenvalue weighted by molar-refractivity contribution is -0.137. The third-order valence-electron chi connectivity index (χ3n) is 3.51. The minimum Gasteiger partial charge on any atom is -0.312 e. The van der Waals surface area contributed by atoms with Crippen LogP contribution in [-0.2, 0) is 27.3 Å². The van der Waals surface area contributed by atoms with Crippen molar-refractivity contribution in [2.24, 2.45) is 5.16 Å². The van der Waals surface area contributed by atoms with Gasteiger partial charge in [0.05, 0.1) is 16.9 Å². The van der Waals surface area contributed by atoms with Crippen LogP contribution < -0.4 is 5.36 Å². The number of hydrogen-bond donors (Lipinski definition) is 0. The summed E-state index contributed by atoms with van der Waals surface area (Å²) in [5.74, 6) is -1.11. The summed E-state index contributed by atoms with van der Waals surface area (Å²) in [6.07, 6.45) is -4.33.